The molecule has 0 N–H and O–H groups in total. The first kappa shape index (κ1) is 17.1. The Morgan fingerprint density at radius 2 is 2.12 bits per heavy atom. The van der Waals surface area contributed by atoms with Crippen molar-refractivity contribution in [1.29, 1.82) is 0 Å². The van der Waals surface area contributed by atoms with Crippen LogP contribution in [-0.4, -0.2) is 56.7 Å². The van der Waals surface area contributed by atoms with E-state index in [4.69, 9.17) is 0 Å². The minimum Gasteiger partial charge on any atom is -0.294 e. The van der Waals surface area contributed by atoms with Gasteiger partial charge in [-0.25, -0.2) is 14.6 Å². The Morgan fingerprint density at radius 3 is 2.81 bits per heavy atom. The number of piperidine rings is 1. The van der Waals surface area contributed by atoms with Crippen LogP contribution >= 0.6 is 11.3 Å². The van der Waals surface area contributed by atoms with Crippen molar-refractivity contribution < 1.29 is 4.79 Å². The van der Waals surface area contributed by atoms with Gasteiger partial charge in [-0.3, -0.25) is 14.6 Å². The first-order valence-electron chi connectivity index (χ1n) is 8.97. The molecule has 0 bridgehead atoms. The van der Waals surface area contributed by atoms with Gasteiger partial charge in [-0.15, -0.1) is 0 Å². The molecule has 1 aliphatic heterocycles. The van der Waals surface area contributed by atoms with Crippen LogP contribution in [0.15, 0.2) is 36.9 Å². The molecule has 0 spiro atoms. The summed E-state index contributed by atoms with van der Waals surface area (Å²) >= 11 is 1.58. The highest BCUT2D eigenvalue weighted by Gasteiger charge is 2.25. The maximum atomic E-state index is 12.9. The fourth-order valence-electron chi connectivity index (χ4n) is 3.42. The second-order valence-corrected chi connectivity index (χ2v) is 7.49. The van der Waals surface area contributed by atoms with Gasteiger partial charge in [0.25, 0.3) is 0 Å². The lowest BCUT2D eigenvalue weighted by Gasteiger charge is -2.32. The van der Waals surface area contributed by atoms with Gasteiger partial charge in [-0.2, -0.15) is 5.10 Å². The summed E-state index contributed by atoms with van der Waals surface area (Å²) in [6.45, 7) is 4.87. The van der Waals surface area contributed by atoms with E-state index < -0.39 is 0 Å². The minimum absolute atomic E-state index is 0.116. The Kier molecular flexibility index (Phi) is 4.94. The third kappa shape index (κ3) is 3.47. The molecule has 0 atom stereocenters. The number of hydrogen-bond donors (Lipinski definition) is 0. The Balaban J connectivity index is 1.39. The number of fused-ring (bicyclic) bond motifs is 1. The summed E-state index contributed by atoms with van der Waals surface area (Å²) in [5.41, 5.74) is 0.951. The lowest BCUT2D eigenvalue weighted by atomic mass is 10.1. The number of thiazole rings is 1. The van der Waals surface area contributed by atoms with Gasteiger partial charge in [0.15, 0.2) is 5.13 Å². The molecule has 1 aromatic carbocycles. The second kappa shape index (κ2) is 7.51. The van der Waals surface area contributed by atoms with Gasteiger partial charge in [-0.1, -0.05) is 23.5 Å². The van der Waals surface area contributed by atoms with E-state index >= 15 is 0 Å². The molecule has 3 heterocycles. The molecular weight excluding hydrogens is 348 g/mol. The molecule has 4 rings (SSSR count). The number of hydrogen-bond acceptors (Lipinski definition) is 6. The number of aromatic nitrogens is 4. The highest BCUT2D eigenvalue weighted by atomic mass is 32.1. The molecule has 3 aromatic rings. The molecule has 0 saturated carbocycles. The van der Waals surface area contributed by atoms with Gasteiger partial charge in [0.1, 0.15) is 12.7 Å². The average Bonchev–Trinajstić information content (AvgIpc) is 3.32. The van der Waals surface area contributed by atoms with Crippen molar-refractivity contribution in [1.82, 2.24) is 24.6 Å². The van der Waals surface area contributed by atoms with Crippen LogP contribution in [0, 0.1) is 0 Å². The molecular formula is C18H22N6OS. The molecule has 0 radical (unpaired) electrons. The molecule has 1 fully saturated rings. The Bertz CT molecular complexity index is 836. The number of carbonyl (C=O) groups is 1. The summed E-state index contributed by atoms with van der Waals surface area (Å²) in [4.78, 5) is 25.5. The molecule has 1 saturated heterocycles. The van der Waals surface area contributed by atoms with Gasteiger partial charge < -0.3 is 0 Å². The number of carbonyl (C=O) groups excluding carboxylic acids is 1. The highest BCUT2D eigenvalue weighted by Crippen LogP contribution is 2.29. The Morgan fingerprint density at radius 1 is 1.31 bits per heavy atom. The monoisotopic (exact) mass is 370 g/mol. The van der Waals surface area contributed by atoms with Crippen LogP contribution in [0.5, 0.6) is 0 Å². The topological polar surface area (TPSA) is 67.2 Å². The van der Waals surface area contributed by atoms with E-state index in [1.165, 1.54) is 0 Å². The first-order valence-corrected chi connectivity index (χ1v) is 9.78. The quantitative estimate of drug-likeness (QED) is 0.691. The zero-order valence-electron chi connectivity index (χ0n) is 14.8. The van der Waals surface area contributed by atoms with Crippen LogP contribution in [-0.2, 0) is 4.79 Å². The number of nitrogens with zero attached hydrogens (tertiary/aromatic N) is 6. The summed E-state index contributed by atoms with van der Waals surface area (Å²) in [5, 5.41) is 5.02. The molecule has 1 amide bonds. The summed E-state index contributed by atoms with van der Waals surface area (Å²) in [6, 6.07) is 8.40. The number of benzene rings is 1. The molecule has 26 heavy (non-hydrogen) atoms. The van der Waals surface area contributed by atoms with Crippen molar-refractivity contribution in [3.8, 4) is 0 Å². The van der Waals surface area contributed by atoms with Crippen molar-refractivity contribution in [3.05, 3.63) is 36.9 Å². The summed E-state index contributed by atoms with van der Waals surface area (Å²) in [6.07, 6.45) is 5.33. The van der Waals surface area contributed by atoms with Gasteiger partial charge in [0, 0.05) is 19.6 Å². The lowest BCUT2D eigenvalue weighted by Crippen LogP contribution is -2.43. The van der Waals surface area contributed by atoms with E-state index in [0.29, 0.717) is 19.1 Å². The van der Waals surface area contributed by atoms with Crippen molar-refractivity contribution in [3.63, 3.8) is 0 Å². The normalized spacial score (nSPS) is 16.2. The van der Waals surface area contributed by atoms with E-state index in [0.717, 1.165) is 41.3 Å². The van der Waals surface area contributed by atoms with Crippen molar-refractivity contribution in [2.24, 2.45) is 0 Å². The third-order valence-corrected chi connectivity index (χ3v) is 5.92. The number of likely N-dealkylation sites (tertiary alicyclic amines) is 1. The molecule has 7 nitrogen and oxygen atoms in total. The lowest BCUT2D eigenvalue weighted by molar-refractivity contribution is -0.120. The molecule has 2 aromatic heterocycles. The predicted octanol–water partition coefficient (Wildman–Crippen LogP) is 2.58. The summed E-state index contributed by atoms with van der Waals surface area (Å²) in [7, 11) is 0. The number of para-hydroxylation sites is 1. The molecule has 0 unspecified atom stereocenters. The zero-order valence-corrected chi connectivity index (χ0v) is 15.6. The van der Waals surface area contributed by atoms with Gasteiger partial charge >= 0.3 is 0 Å². The third-order valence-electron chi connectivity index (χ3n) is 4.86. The number of anilines is 1. The number of amides is 1. The van der Waals surface area contributed by atoms with Gasteiger partial charge in [-0.05, 0) is 31.9 Å². The van der Waals surface area contributed by atoms with E-state index in [1.807, 2.05) is 35.9 Å². The number of likely N-dealkylation sites (N-methyl/N-ethyl adjacent to an activating group) is 1. The minimum atomic E-state index is 0.116. The van der Waals surface area contributed by atoms with Crippen LogP contribution in [0.4, 0.5) is 5.13 Å². The first-order chi connectivity index (χ1) is 12.7. The molecule has 0 aliphatic carbocycles. The molecule has 136 valence electrons. The van der Waals surface area contributed by atoms with E-state index in [9.17, 15) is 4.79 Å². The van der Waals surface area contributed by atoms with Gasteiger partial charge in [0.05, 0.1) is 22.8 Å². The fraction of sp³-hybridized carbons (Fsp3) is 0.444. The van der Waals surface area contributed by atoms with Crippen LogP contribution in [0.25, 0.3) is 10.2 Å². The largest absolute Gasteiger partial charge is 0.294 e. The fourth-order valence-corrected chi connectivity index (χ4v) is 4.47. The van der Waals surface area contributed by atoms with Crippen molar-refractivity contribution in [2.45, 2.75) is 25.8 Å². The maximum Gasteiger partial charge on any atom is 0.242 e. The van der Waals surface area contributed by atoms with Crippen molar-refractivity contribution in [2.75, 3.05) is 31.1 Å². The van der Waals surface area contributed by atoms with Crippen LogP contribution in [0.2, 0.25) is 0 Å². The highest BCUT2D eigenvalue weighted by molar-refractivity contribution is 7.22. The SMILES string of the molecule is CCN(C(=O)CN1CCC(n2cncn2)CC1)c1nc2ccccc2s1. The molecule has 8 heteroatoms. The van der Waals surface area contributed by atoms with E-state index in [-0.39, 0.29) is 5.91 Å². The van der Waals surface area contributed by atoms with Crippen LogP contribution in [0.1, 0.15) is 25.8 Å². The smallest absolute Gasteiger partial charge is 0.242 e. The van der Waals surface area contributed by atoms with E-state index in [2.05, 4.69) is 20.0 Å². The standard InChI is InChI=1S/C18H22N6OS/c1-2-23(18-21-15-5-3-4-6-16(15)26-18)17(25)11-22-9-7-14(8-10-22)24-13-19-12-20-24/h3-6,12-14H,2,7-11H2,1H3. The number of rotatable bonds is 5. The van der Waals surface area contributed by atoms with E-state index in [1.54, 1.807) is 28.9 Å². The second-order valence-electron chi connectivity index (χ2n) is 6.48. The van der Waals surface area contributed by atoms with Crippen LogP contribution in [0.3, 0.4) is 0 Å². The van der Waals surface area contributed by atoms with Crippen LogP contribution < -0.4 is 4.90 Å². The average molecular weight is 370 g/mol. The van der Waals surface area contributed by atoms with Gasteiger partial charge in [0.2, 0.25) is 5.91 Å². The molecule has 1 aliphatic rings. The Labute approximate surface area is 156 Å². The summed E-state index contributed by atoms with van der Waals surface area (Å²) < 4.78 is 3.04. The Hall–Kier alpha value is -2.32. The summed E-state index contributed by atoms with van der Waals surface area (Å²) in [5.74, 6) is 0.116. The zero-order chi connectivity index (χ0) is 17.9. The maximum absolute atomic E-state index is 12.9. The van der Waals surface area contributed by atoms with Crippen molar-refractivity contribution >= 4 is 32.6 Å². The predicted molar refractivity (Wildman–Crippen MR) is 102 cm³/mol.